The number of para-hydroxylation sites is 8. The van der Waals surface area contributed by atoms with E-state index in [-0.39, 0.29) is 10.8 Å². The minimum atomic E-state index is -0.144. The number of fused-ring (bicyclic) bond motifs is 4. The second-order valence-corrected chi connectivity index (χ2v) is 16.8. The summed E-state index contributed by atoms with van der Waals surface area (Å²) < 4.78 is 1.90. The molecule has 0 bridgehead atoms. The number of nitrogens with one attached hydrogen (secondary N) is 1. The molecule has 60 heavy (non-hydrogen) atoms. The third-order valence-electron chi connectivity index (χ3n) is 12.6. The molecular weight excluding hydrogens is 737 g/mol. The number of quaternary nitrogens is 1. The van der Waals surface area contributed by atoms with Crippen molar-refractivity contribution in [2.45, 2.75) is 38.5 Å². The van der Waals surface area contributed by atoms with Crippen molar-refractivity contribution in [1.82, 2.24) is 20.4 Å². The molecule has 0 spiro atoms. The lowest BCUT2D eigenvalue weighted by Crippen LogP contribution is -2.97. The molecule has 292 valence electrons. The maximum Gasteiger partial charge on any atom is 0.120 e. The second-order valence-electron chi connectivity index (χ2n) is 16.8. The van der Waals surface area contributed by atoms with E-state index in [9.17, 15) is 0 Å². The Balaban J connectivity index is 0.923. The molecule has 7 aromatic carbocycles. The van der Waals surface area contributed by atoms with Crippen molar-refractivity contribution in [1.29, 1.82) is 0 Å². The standard InChI is InChI=1S/C52H44N8/c1-51(2)37-20-5-9-24-43(37)59(44-25-10-6-21-38(44)51)49-30-15-13-28-47(49)57-33-41(53-55-57)35-18-17-19-36(32-35)42-34-58(56-54-42)48-29-14-16-31-50(48)60-45-26-11-7-22-39(45)52(3,4)40-23-8-12-27-46(40)60/h5-34,53,55H,1-4H3/p+1. The van der Waals surface area contributed by atoms with E-state index >= 15 is 0 Å². The van der Waals surface area contributed by atoms with Crippen LogP contribution in [0, 0.1) is 0 Å². The Labute approximate surface area is 350 Å². The normalized spacial score (nSPS) is 15.7. The molecule has 3 aliphatic heterocycles. The van der Waals surface area contributed by atoms with Gasteiger partial charge in [0.25, 0.3) is 0 Å². The molecule has 0 atom stereocenters. The number of nitrogens with zero attached hydrogens (tertiary/aromatic N) is 6. The molecular formula is C52H45N8+. The highest BCUT2D eigenvalue weighted by Gasteiger charge is 2.39. The number of anilines is 7. The van der Waals surface area contributed by atoms with Crippen molar-refractivity contribution in [3.63, 3.8) is 0 Å². The first-order valence-electron chi connectivity index (χ1n) is 20.6. The van der Waals surface area contributed by atoms with Crippen LogP contribution in [-0.2, 0) is 10.8 Å². The zero-order chi connectivity index (χ0) is 40.6. The van der Waals surface area contributed by atoms with Gasteiger partial charge in [-0.05, 0) is 76.9 Å². The van der Waals surface area contributed by atoms with Gasteiger partial charge in [0.15, 0.2) is 0 Å². The third-order valence-corrected chi connectivity index (χ3v) is 12.6. The summed E-state index contributed by atoms with van der Waals surface area (Å²) in [4.78, 5) is 4.78. The Morgan fingerprint density at radius 3 is 1.38 bits per heavy atom. The van der Waals surface area contributed by atoms with Gasteiger partial charge in [0.1, 0.15) is 17.1 Å². The largest absolute Gasteiger partial charge is 0.308 e. The molecule has 1 aromatic heterocycles. The zero-order valence-corrected chi connectivity index (χ0v) is 34.1. The molecule has 11 rings (SSSR count). The number of hydrogen-bond acceptors (Lipinski definition) is 6. The first kappa shape index (κ1) is 35.7. The van der Waals surface area contributed by atoms with Crippen LogP contribution in [0.4, 0.5) is 39.8 Å². The number of rotatable bonds is 6. The van der Waals surface area contributed by atoms with Crippen LogP contribution in [0.5, 0.6) is 0 Å². The van der Waals surface area contributed by atoms with Gasteiger partial charge >= 0.3 is 0 Å². The number of nitrogens with two attached hydrogens (primary N) is 1. The smallest absolute Gasteiger partial charge is 0.120 e. The van der Waals surface area contributed by atoms with E-state index in [0.29, 0.717) is 0 Å². The van der Waals surface area contributed by atoms with Gasteiger partial charge in [0.05, 0.1) is 52.2 Å². The number of hydrogen-bond donors (Lipinski definition) is 2. The van der Waals surface area contributed by atoms with Crippen LogP contribution in [0.25, 0.3) is 22.6 Å². The zero-order valence-electron chi connectivity index (χ0n) is 34.1. The maximum absolute atomic E-state index is 4.73. The molecule has 8 heteroatoms. The van der Waals surface area contributed by atoms with Gasteiger partial charge in [-0.3, -0.25) is 0 Å². The topological polar surface area (TPSA) is 69.1 Å². The lowest BCUT2D eigenvalue weighted by molar-refractivity contribution is -0.696. The summed E-state index contributed by atoms with van der Waals surface area (Å²) in [6, 6.07) is 60.6. The molecule has 3 N–H and O–H groups in total. The fourth-order valence-corrected chi connectivity index (χ4v) is 9.59. The molecule has 4 heterocycles. The summed E-state index contributed by atoms with van der Waals surface area (Å²) in [7, 11) is 0. The SMILES string of the molecule is CC1(C)c2ccccc2N(c2ccccc2N2C=C(c3cccc(-c4cn(-c5ccccc5N5c6ccccc6C(C)(C)c6ccccc65)nn4)c3)N[NH2+]2)c2ccccc21. The first-order chi connectivity index (χ1) is 29.3. The van der Waals surface area contributed by atoms with Crippen LogP contribution in [0.2, 0.25) is 0 Å². The molecule has 0 fully saturated rings. The second kappa shape index (κ2) is 13.6. The van der Waals surface area contributed by atoms with Gasteiger partial charge in [-0.25, -0.2) is 10.1 Å². The average molecular weight is 782 g/mol. The minimum absolute atomic E-state index is 0.129. The lowest BCUT2D eigenvalue weighted by atomic mass is 9.73. The van der Waals surface area contributed by atoms with Gasteiger partial charge < -0.3 is 9.80 Å². The Bertz CT molecular complexity index is 2890. The average Bonchev–Trinajstić information content (AvgIpc) is 3.99. The van der Waals surface area contributed by atoms with E-state index in [4.69, 9.17) is 10.3 Å². The Kier molecular flexibility index (Phi) is 8.08. The molecule has 0 saturated carbocycles. The summed E-state index contributed by atoms with van der Waals surface area (Å²) in [5, 5.41) is 11.6. The van der Waals surface area contributed by atoms with Gasteiger partial charge in [-0.15, -0.1) is 10.6 Å². The van der Waals surface area contributed by atoms with Crippen molar-refractivity contribution in [3.05, 3.63) is 210 Å². The molecule has 0 aliphatic carbocycles. The summed E-state index contributed by atoms with van der Waals surface area (Å²) >= 11 is 0. The van der Waals surface area contributed by atoms with Crippen molar-refractivity contribution in [3.8, 4) is 16.9 Å². The predicted molar refractivity (Wildman–Crippen MR) is 242 cm³/mol. The van der Waals surface area contributed by atoms with Crippen LogP contribution < -0.4 is 25.8 Å². The van der Waals surface area contributed by atoms with E-state index in [1.807, 2.05) is 16.4 Å². The fourth-order valence-electron chi connectivity index (χ4n) is 9.59. The van der Waals surface area contributed by atoms with Crippen LogP contribution in [0.3, 0.4) is 0 Å². The highest BCUT2D eigenvalue weighted by Crippen LogP contribution is 2.54. The van der Waals surface area contributed by atoms with Crippen molar-refractivity contribution in [2.75, 3.05) is 14.8 Å². The Morgan fingerprint density at radius 2 is 0.867 bits per heavy atom. The molecule has 8 nitrogen and oxygen atoms in total. The van der Waals surface area contributed by atoms with E-state index in [1.165, 1.54) is 45.0 Å². The quantitative estimate of drug-likeness (QED) is 0.164. The number of benzene rings is 7. The minimum Gasteiger partial charge on any atom is -0.308 e. The van der Waals surface area contributed by atoms with Crippen LogP contribution in [-0.4, -0.2) is 15.0 Å². The van der Waals surface area contributed by atoms with E-state index in [0.717, 1.165) is 45.3 Å². The van der Waals surface area contributed by atoms with Gasteiger partial charge in [0.2, 0.25) is 0 Å². The monoisotopic (exact) mass is 781 g/mol. The van der Waals surface area contributed by atoms with Crippen LogP contribution >= 0.6 is 0 Å². The first-order valence-corrected chi connectivity index (χ1v) is 20.6. The molecule has 0 radical (unpaired) electrons. The third kappa shape index (κ3) is 5.48. The van der Waals surface area contributed by atoms with Crippen molar-refractivity contribution < 1.29 is 5.53 Å². The van der Waals surface area contributed by atoms with Crippen molar-refractivity contribution >= 4 is 45.5 Å². The molecule has 8 aromatic rings. The van der Waals surface area contributed by atoms with Gasteiger partial charge in [-0.1, -0.05) is 148 Å². The van der Waals surface area contributed by atoms with E-state index in [2.05, 4.69) is 224 Å². The summed E-state index contributed by atoms with van der Waals surface area (Å²) in [6.07, 6.45) is 4.21. The van der Waals surface area contributed by atoms with Gasteiger partial charge in [0, 0.05) is 22.0 Å². The molecule has 0 amide bonds. The molecule has 0 saturated heterocycles. The Morgan fingerprint density at radius 1 is 0.450 bits per heavy atom. The molecule has 3 aliphatic rings. The van der Waals surface area contributed by atoms with E-state index in [1.54, 1.807) is 0 Å². The number of aromatic nitrogens is 3. The summed E-state index contributed by atoms with van der Waals surface area (Å²) in [6.45, 7) is 9.27. The summed E-state index contributed by atoms with van der Waals surface area (Å²) in [5.74, 6) is 0. The van der Waals surface area contributed by atoms with E-state index < -0.39 is 0 Å². The highest BCUT2D eigenvalue weighted by molar-refractivity contribution is 5.92. The van der Waals surface area contributed by atoms with Gasteiger partial charge in [-0.2, -0.15) is 5.01 Å². The lowest BCUT2D eigenvalue weighted by Gasteiger charge is -2.42. The Hall–Kier alpha value is -7.42. The highest BCUT2D eigenvalue weighted by atomic mass is 15.7. The fraction of sp³-hybridized carbons (Fsp3) is 0.115. The van der Waals surface area contributed by atoms with Crippen LogP contribution in [0.15, 0.2) is 182 Å². The van der Waals surface area contributed by atoms with Crippen molar-refractivity contribution in [2.24, 2.45) is 0 Å². The maximum atomic E-state index is 4.73. The summed E-state index contributed by atoms with van der Waals surface area (Å²) in [5.41, 5.74) is 23.3. The predicted octanol–water partition coefficient (Wildman–Crippen LogP) is 11.0. The van der Waals surface area contributed by atoms with Crippen LogP contribution in [0.1, 0.15) is 55.5 Å². The molecule has 0 unspecified atom stereocenters.